The van der Waals surface area contributed by atoms with Crippen LogP contribution >= 0.6 is 0 Å². The molecule has 0 radical (unpaired) electrons. The predicted molar refractivity (Wildman–Crippen MR) is 70.1 cm³/mol. The summed E-state index contributed by atoms with van der Waals surface area (Å²) in [6, 6.07) is 7.13. The minimum atomic E-state index is -5.40. The molecule has 0 amide bonds. The van der Waals surface area contributed by atoms with Crippen molar-refractivity contribution in [2.45, 2.75) is 4.90 Å². The molecule has 0 heterocycles. The molecule has 0 N–H and O–H groups in total. The Morgan fingerprint density at radius 2 is 1.29 bits per heavy atom. The Balaban J connectivity index is 2.34. The van der Waals surface area contributed by atoms with Gasteiger partial charge in [0.2, 0.25) is 5.82 Å². The number of benzene rings is 2. The first-order valence-corrected chi connectivity index (χ1v) is 7.56. The van der Waals surface area contributed by atoms with Crippen LogP contribution in [0.25, 0.3) is 0 Å². The van der Waals surface area contributed by atoms with Gasteiger partial charge in [-0.1, -0.05) is 30.3 Å². The Labute approximate surface area is 132 Å². The largest absolute Gasteiger partial charge is 0.303 e. The van der Waals surface area contributed by atoms with Gasteiger partial charge >= 0.3 is 10.1 Å². The summed E-state index contributed by atoms with van der Waals surface area (Å²) in [4.78, 5) is 9.54. The highest BCUT2D eigenvalue weighted by Crippen LogP contribution is 2.27. The quantitative estimate of drug-likeness (QED) is 0.268. The predicted octanol–water partition coefficient (Wildman–Crippen LogP) is 2.97. The van der Waals surface area contributed by atoms with Crippen molar-refractivity contribution in [2.75, 3.05) is 6.61 Å². The van der Waals surface area contributed by atoms with Crippen molar-refractivity contribution < 1.29 is 39.3 Å². The molecule has 128 valence electrons. The number of rotatable bonds is 5. The fourth-order valence-electron chi connectivity index (χ4n) is 1.70. The van der Waals surface area contributed by atoms with Crippen LogP contribution in [0.5, 0.6) is 0 Å². The molecule has 2 aromatic rings. The highest BCUT2D eigenvalue weighted by molar-refractivity contribution is 7.86. The molecule has 0 atom stereocenters. The molecule has 0 aliphatic carbocycles. The molecule has 24 heavy (non-hydrogen) atoms. The second-order valence-corrected chi connectivity index (χ2v) is 5.96. The lowest BCUT2D eigenvalue weighted by molar-refractivity contribution is 0.0924. The van der Waals surface area contributed by atoms with E-state index in [0.717, 1.165) is 0 Å². The topological polar surface area (TPSA) is 60.4 Å². The lowest BCUT2D eigenvalue weighted by atomic mass is 10.1. The van der Waals surface area contributed by atoms with E-state index in [1.807, 2.05) is 0 Å². The molecule has 4 nitrogen and oxygen atoms in total. The van der Waals surface area contributed by atoms with E-state index >= 15 is 0 Å². The molecule has 0 fully saturated rings. The van der Waals surface area contributed by atoms with Gasteiger partial charge in [-0.3, -0.25) is 8.98 Å². The van der Waals surface area contributed by atoms with E-state index < -0.39 is 56.5 Å². The third-order valence-electron chi connectivity index (χ3n) is 2.86. The highest BCUT2D eigenvalue weighted by Gasteiger charge is 2.34. The number of halogens is 5. The molecule has 0 saturated carbocycles. The molecule has 0 aromatic heterocycles. The van der Waals surface area contributed by atoms with Crippen molar-refractivity contribution in [2.24, 2.45) is 0 Å². The first-order valence-electron chi connectivity index (χ1n) is 6.16. The van der Waals surface area contributed by atoms with Crippen LogP contribution in [0, 0.1) is 29.1 Å². The Morgan fingerprint density at radius 1 is 0.833 bits per heavy atom. The number of hydrogen-bond acceptors (Lipinski definition) is 4. The maximum atomic E-state index is 13.5. The molecular formula is C14H7F5O4S. The van der Waals surface area contributed by atoms with E-state index in [0.29, 0.717) is 0 Å². The van der Waals surface area contributed by atoms with Gasteiger partial charge in [-0.05, 0) is 0 Å². The summed E-state index contributed by atoms with van der Waals surface area (Å²) >= 11 is 0. The molecule has 0 unspecified atom stereocenters. The molecule has 0 spiro atoms. The van der Waals surface area contributed by atoms with Crippen molar-refractivity contribution in [1.29, 1.82) is 0 Å². The monoisotopic (exact) mass is 366 g/mol. The zero-order chi connectivity index (χ0) is 18.1. The Hall–Kier alpha value is -2.33. The van der Waals surface area contributed by atoms with Crippen LogP contribution in [-0.4, -0.2) is 20.8 Å². The minimum absolute atomic E-state index is 0.0325. The van der Waals surface area contributed by atoms with Crippen LogP contribution in [0.15, 0.2) is 35.2 Å². The van der Waals surface area contributed by atoms with Gasteiger partial charge < -0.3 is 0 Å². The third-order valence-corrected chi connectivity index (χ3v) is 4.15. The van der Waals surface area contributed by atoms with Crippen LogP contribution in [0.3, 0.4) is 0 Å². The van der Waals surface area contributed by atoms with Crippen LogP contribution in [0.4, 0.5) is 22.0 Å². The molecule has 0 aliphatic rings. The minimum Gasteiger partial charge on any atom is -0.291 e. The van der Waals surface area contributed by atoms with Crippen LogP contribution in [0.2, 0.25) is 0 Å². The van der Waals surface area contributed by atoms with Crippen LogP contribution in [-0.2, 0) is 14.3 Å². The second kappa shape index (κ2) is 6.65. The van der Waals surface area contributed by atoms with Gasteiger partial charge in [0.15, 0.2) is 33.9 Å². The highest BCUT2D eigenvalue weighted by atomic mass is 32.2. The zero-order valence-electron chi connectivity index (χ0n) is 11.5. The summed E-state index contributed by atoms with van der Waals surface area (Å²) in [6.07, 6.45) is 0. The van der Waals surface area contributed by atoms with Gasteiger partial charge in [-0.15, -0.1) is 0 Å². The van der Waals surface area contributed by atoms with E-state index in [4.69, 9.17) is 0 Å². The van der Waals surface area contributed by atoms with Crippen molar-refractivity contribution in [3.63, 3.8) is 0 Å². The molecule has 0 aliphatic heterocycles. The van der Waals surface area contributed by atoms with E-state index in [1.54, 1.807) is 6.07 Å². The van der Waals surface area contributed by atoms with E-state index in [9.17, 15) is 35.2 Å². The molecule has 0 saturated heterocycles. The van der Waals surface area contributed by atoms with Gasteiger partial charge in [-0.25, -0.2) is 22.0 Å². The van der Waals surface area contributed by atoms with E-state index in [2.05, 4.69) is 4.18 Å². The summed E-state index contributed by atoms with van der Waals surface area (Å²) in [5, 5.41) is 0. The van der Waals surface area contributed by atoms with Crippen molar-refractivity contribution in [1.82, 2.24) is 0 Å². The number of Topliss-reactive ketones (excluding diaryl/α,β-unsaturated/α-hetero) is 1. The lowest BCUT2D eigenvalue weighted by Crippen LogP contribution is -2.19. The lowest BCUT2D eigenvalue weighted by Gasteiger charge is -2.09. The van der Waals surface area contributed by atoms with E-state index in [-0.39, 0.29) is 5.56 Å². The molecule has 0 bridgehead atoms. The number of carbonyl (C=O) groups excluding carboxylic acids is 1. The molecule has 10 heteroatoms. The fourth-order valence-corrected chi connectivity index (χ4v) is 2.70. The summed E-state index contributed by atoms with van der Waals surface area (Å²) < 4.78 is 93.5. The number of carbonyl (C=O) groups is 1. The SMILES string of the molecule is O=C(COS(=O)(=O)c1c(F)c(F)c(F)c(F)c1F)c1ccccc1. The fraction of sp³-hybridized carbons (Fsp3) is 0.0714. The molecule has 2 aromatic carbocycles. The van der Waals surface area contributed by atoms with Gasteiger partial charge in [0, 0.05) is 5.56 Å². The summed E-state index contributed by atoms with van der Waals surface area (Å²) in [5.41, 5.74) is 0.0325. The second-order valence-electron chi connectivity index (χ2n) is 4.40. The average Bonchev–Trinajstić information content (AvgIpc) is 2.57. The van der Waals surface area contributed by atoms with Gasteiger partial charge in [0.05, 0.1) is 0 Å². The molecule has 2 rings (SSSR count). The van der Waals surface area contributed by atoms with Crippen molar-refractivity contribution in [3.8, 4) is 0 Å². The van der Waals surface area contributed by atoms with Crippen molar-refractivity contribution in [3.05, 3.63) is 65.0 Å². The smallest absolute Gasteiger partial charge is 0.291 e. The summed E-state index contributed by atoms with van der Waals surface area (Å²) in [5.74, 6) is -13.4. The van der Waals surface area contributed by atoms with Gasteiger partial charge in [0.1, 0.15) is 6.61 Å². The van der Waals surface area contributed by atoms with Crippen LogP contribution < -0.4 is 0 Å². The third kappa shape index (κ3) is 3.29. The normalized spacial score (nSPS) is 11.5. The van der Waals surface area contributed by atoms with E-state index in [1.165, 1.54) is 24.3 Å². The Bertz CT molecular complexity index is 868. The number of ketones is 1. The van der Waals surface area contributed by atoms with Gasteiger partial charge in [0.25, 0.3) is 0 Å². The zero-order valence-corrected chi connectivity index (χ0v) is 12.3. The number of hydrogen-bond donors (Lipinski definition) is 0. The maximum absolute atomic E-state index is 13.5. The average molecular weight is 366 g/mol. The van der Waals surface area contributed by atoms with Crippen molar-refractivity contribution >= 4 is 15.9 Å². The summed E-state index contributed by atoms with van der Waals surface area (Å²) in [6.45, 7) is -1.17. The Morgan fingerprint density at radius 3 is 1.79 bits per heavy atom. The van der Waals surface area contributed by atoms with Gasteiger partial charge in [-0.2, -0.15) is 8.42 Å². The summed E-state index contributed by atoms with van der Waals surface area (Å²) in [7, 11) is -5.40. The Kier molecular flexibility index (Phi) is 4.99. The molecular weight excluding hydrogens is 359 g/mol. The van der Waals surface area contributed by atoms with Crippen LogP contribution in [0.1, 0.15) is 10.4 Å². The first kappa shape index (κ1) is 18.0. The standard InChI is InChI=1S/C14H7F5O4S/c15-9-10(16)12(18)14(13(19)11(9)17)24(21,22)23-6-8(20)7-4-2-1-3-5-7/h1-5H,6H2. The first-order chi connectivity index (χ1) is 11.2. The maximum Gasteiger partial charge on any atom is 0.303 e.